The van der Waals surface area contributed by atoms with E-state index in [1.807, 2.05) is 0 Å². The summed E-state index contributed by atoms with van der Waals surface area (Å²) < 4.78 is 4.66. The Morgan fingerprint density at radius 1 is 1.58 bits per heavy atom. The van der Waals surface area contributed by atoms with E-state index >= 15 is 0 Å². The molecule has 4 heteroatoms. The van der Waals surface area contributed by atoms with Crippen molar-refractivity contribution in [1.29, 1.82) is 0 Å². The number of esters is 1. The van der Waals surface area contributed by atoms with Gasteiger partial charge in [-0.2, -0.15) is 11.8 Å². The number of hydrogen-bond acceptors (Lipinski definition) is 4. The fraction of sp³-hybridized carbons (Fsp3) is 0.875. The standard InChI is InChI=1S/C8H17NO2S/c1-8(2,12-4)6-9-5-7(10)11-3/h9H,5-6H2,1-4H3. The lowest BCUT2D eigenvalue weighted by atomic mass is 10.2. The molecule has 0 radical (unpaired) electrons. The molecule has 0 heterocycles. The molecule has 0 atom stereocenters. The molecule has 0 saturated heterocycles. The second-order valence-corrected chi connectivity index (χ2v) is 4.66. The van der Waals surface area contributed by atoms with Crippen molar-refractivity contribution in [3.8, 4) is 0 Å². The molecule has 3 nitrogen and oxygen atoms in total. The first-order valence-corrected chi connectivity index (χ1v) is 5.07. The van der Waals surface area contributed by atoms with Crippen LogP contribution in [-0.2, 0) is 9.53 Å². The molecule has 0 aromatic rings. The maximum absolute atomic E-state index is 10.7. The SMILES string of the molecule is COC(=O)CNCC(C)(C)SC. The highest BCUT2D eigenvalue weighted by molar-refractivity contribution is 7.99. The number of methoxy groups -OCH3 is 1. The van der Waals surface area contributed by atoms with Gasteiger partial charge in [-0.3, -0.25) is 4.79 Å². The normalized spacial score (nSPS) is 11.3. The lowest BCUT2D eigenvalue weighted by Crippen LogP contribution is -2.35. The number of thioether (sulfide) groups is 1. The maximum Gasteiger partial charge on any atom is 0.319 e. The average molecular weight is 191 g/mol. The molecule has 0 saturated carbocycles. The van der Waals surface area contributed by atoms with Gasteiger partial charge in [0.1, 0.15) is 0 Å². The number of hydrogen-bond donors (Lipinski definition) is 1. The minimum atomic E-state index is -0.216. The van der Waals surface area contributed by atoms with Gasteiger partial charge in [0.2, 0.25) is 0 Å². The van der Waals surface area contributed by atoms with Gasteiger partial charge < -0.3 is 10.1 Å². The van der Waals surface area contributed by atoms with Crippen LogP contribution in [-0.4, -0.2) is 37.2 Å². The van der Waals surface area contributed by atoms with E-state index in [0.717, 1.165) is 6.54 Å². The Hall–Kier alpha value is -0.220. The largest absolute Gasteiger partial charge is 0.468 e. The summed E-state index contributed by atoms with van der Waals surface area (Å²) in [4.78, 5) is 10.7. The molecule has 0 fully saturated rings. The van der Waals surface area contributed by atoms with Crippen LogP contribution in [0.25, 0.3) is 0 Å². The van der Waals surface area contributed by atoms with Crippen molar-refractivity contribution >= 4 is 17.7 Å². The van der Waals surface area contributed by atoms with Gasteiger partial charge >= 0.3 is 5.97 Å². The third kappa shape index (κ3) is 5.43. The van der Waals surface area contributed by atoms with Gasteiger partial charge in [-0.25, -0.2) is 0 Å². The molecule has 0 spiro atoms. The fourth-order valence-electron chi connectivity index (χ4n) is 0.610. The smallest absolute Gasteiger partial charge is 0.319 e. The van der Waals surface area contributed by atoms with Crippen LogP contribution in [0.2, 0.25) is 0 Å². The molecule has 0 bridgehead atoms. The molecule has 0 aliphatic carbocycles. The first-order chi connectivity index (χ1) is 5.52. The van der Waals surface area contributed by atoms with Crippen molar-refractivity contribution in [3.63, 3.8) is 0 Å². The zero-order valence-corrected chi connectivity index (χ0v) is 8.96. The summed E-state index contributed by atoms with van der Waals surface area (Å²) in [6.07, 6.45) is 2.06. The molecule has 0 rings (SSSR count). The van der Waals surface area contributed by atoms with Crippen molar-refractivity contribution in [2.45, 2.75) is 18.6 Å². The van der Waals surface area contributed by atoms with Crippen LogP contribution in [0.3, 0.4) is 0 Å². The topological polar surface area (TPSA) is 38.3 Å². The van der Waals surface area contributed by atoms with E-state index < -0.39 is 0 Å². The summed E-state index contributed by atoms with van der Waals surface area (Å²) in [5.74, 6) is -0.216. The molecule has 1 N–H and O–H groups in total. The molecule has 0 aliphatic rings. The van der Waals surface area contributed by atoms with Crippen molar-refractivity contribution in [3.05, 3.63) is 0 Å². The fourth-order valence-corrected chi connectivity index (χ4v) is 0.856. The van der Waals surface area contributed by atoms with E-state index in [9.17, 15) is 4.79 Å². The Balaban J connectivity index is 3.49. The summed E-state index contributed by atoms with van der Waals surface area (Å²) in [6, 6.07) is 0. The second kappa shape index (κ2) is 5.43. The van der Waals surface area contributed by atoms with Gasteiger partial charge in [0, 0.05) is 11.3 Å². The van der Waals surface area contributed by atoms with Crippen LogP contribution in [0, 0.1) is 0 Å². The lowest BCUT2D eigenvalue weighted by Gasteiger charge is -2.21. The quantitative estimate of drug-likeness (QED) is 0.655. The maximum atomic E-state index is 10.7. The zero-order valence-electron chi connectivity index (χ0n) is 8.14. The molecule has 0 unspecified atom stereocenters. The summed E-state index contributed by atoms with van der Waals surface area (Å²) in [5.41, 5.74) is 0. The summed E-state index contributed by atoms with van der Waals surface area (Å²) in [6.45, 7) is 5.35. The van der Waals surface area contributed by atoms with Gasteiger partial charge in [-0.1, -0.05) is 0 Å². The Labute approximate surface area is 78.2 Å². The van der Waals surface area contributed by atoms with Gasteiger partial charge in [-0.15, -0.1) is 0 Å². The Bertz CT molecular complexity index is 148. The van der Waals surface area contributed by atoms with Crippen molar-refractivity contribution in [1.82, 2.24) is 5.32 Å². The number of carbonyl (C=O) groups is 1. The summed E-state index contributed by atoms with van der Waals surface area (Å²) in [7, 11) is 1.39. The summed E-state index contributed by atoms with van der Waals surface area (Å²) >= 11 is 1.77. The van der Waals surface area contributed by atoms with Gasteiger partial charge in [0.15, 0.2) is 0 Å². The third-order valence-electron chi connectivity index (χ3n) is 1.60. The molecule has 72 valence electrons. The van der Waals surface area contributed by atoms with Crippen molar-refractivity contribution < 1.29 is 9.53 Å². The molecule has 0 aliphatic heterocycles. The third-order valence-corrected chi connectivity index (χ3v) is 2.85. The van der Waals surface area contributed by atoms with Crippen LogP contribution in [0.4, 0.5) is 0 Å². The van der Waals surface area contributed by atoms with Crippen LogP contribution in [0.5, 0.6) is 0 Å². The highest BCUT2D eigenvalue weighted by Crippen LogP contribution is 2.19. The van der Waals surface area contributed by atoms with E-state index in [1.165, 1.54) is 7.11 Å². The van der Waals surface area contributed by atoms with E-state index in [1.54, 1.807) is 11.8 Å². The Morgan fingerprint density at radius 2 is 2.17 bits per heavy atom. The molecule has 12 heavy (non-hydrogen) atoms. The molecule has 0 aromatic heterocycles. The molecule has 0 amide bonds. The summed E-state index contributed by atoms with van der Waals surface area (Å²) in [5, 5.41) is 3.03. The van der Waals surface area contributed by atoms with Crippen LogP contribution >= 0.6 is 11.8 Å². The average Bonchev–Trinajstić information content (AvgIpc) is 2.04. The number of ether oxygens (including phenoxy) is 1. The predicted octanol–water partition coefficient (Wildman–Crippen LogP) is 0.891. The van der Waals surface area contributed by atoms with Gasteiger partial charge in [0.25, 0.3) is 0 Å². The molecular formula is C8H17NO2S. The minimum absolute atomic E-state index is 0.175. The molecular weight excluding hydrogens is 174 g/mol. The second-order valence-electron chi connectivity index (χ2n) is 3.14. The van der Waals surface area contributed by atoms with E-state index in [-0.39, 0.29) is 10.7 Å². The van der Waals surface area contributed by atoms with Gasteiger partial charge in [0.05, 0.1) is 13.7 Å². The van der Waals surface area contributed by atoms with Crippen LogP contribution in [0.1, 0.15) is 13.8 Å². The Morgan fingerprint density at radius 3 is 2.58 bits per heavy atom. The first-order valence-electron chi connectivity index (χ1n) is 3.84. The Kier molecular flexibility index (Phi) is 5.33. The zero-order chi connectivity index (χ0) is 9.61. The highest BCUT2D eigenvalue weighted by atomic mass is 32.2. The number of nitrogens with one attached hydrogen (secondary N) is 1. The number of carbonyl (C=O) groups excluding carboxylic acids is 1. The van der Waals surface area contributed by atoms with Crippen LogP contribution < -0.4 is 5.32 Å². The van der Waals surface area contributed by atoms with Crippen molar-refractivity contribution in [2.24, 2.45) is 0 Å². The van der Waals surface area contributed by atoms with Gasteiger partial charge in [-0.05, 0) is 20.1 Å². The minimum Gasteiger partial charge on any atom is -0.468 e. The van der Waals surface area contributed by atoms with E-state index in [0.29, 0.717) is 6.54 Å². The predicted molar refractivity (Wildman–Crippen MR) is 52.5 cm³/mol. The van der Waals surface area contributed by atoms with E-state index in [2.05, 4.69) is 30.2 Å². The lowest BCUT2D eigenvalue weighted by molar-refractivity contribution is -0.139. The van der Waals surface area contributed by atoms with Crippen molar-refractivity contribution in [2.75, 3.05) is 26.5 Å². The monoisotopic (exact) mass is 191 g/mol. The van der Waals surface area contributed by atoms with Crippen LogP contribution in [0.15, 0.2) is 0 Å². The first kappa shape index (κ1) is 11.8. The number of rotatable bonds is 5. The highest BCUT2D eigenvalue weighted by Gasteiger charge is 2.15. The molecule has 0 aromatic carbocycles. The van der Waals surface area contributed by atoms with E-state index in [4.69, 9.17) is 0 Å².